The zero-order chi connectivity index (χ0) is 17.9. The molecule has 1 aliphatic carbocycles. The van der Waals surface area contributed by atoms with Gasteiger partial charge in [0.2, 0.25) is 0 Å². The van der Waals surface area contributed by atoms with E-state index in [1.165, 1.54) is 5.56 Å². The van der Waals surface area contributed by atoms with Crippen LogP contribution >= 0.6 is 0 Å². The van der Waals surface area contributed by atoms with Crippen molar-refractivity contribution in [2.24, 2.45) is 0 Å². The Hall–Kier alpha value is -1.59. The number of hydrogen-bond donors (Lipinski definition) is 1. The van der Waals surface area contributed by atoms with Crippen LogP contribution in [0.2, 0.25) is 0 Å². The Morgan fingerprint density at radius 2 is 1.84 bits per heavy atom. The second-order valence-corrected chi connectivity index (χ2v) is 7.67. The molecule has 1 spiro atoms. The maximum absolute atomic E-state index is 12.4. The van der Waals surface area contributed by atoms with Crippen LogP contribution in [-0.4, -0.2) is 62.3 Å². The molecular weight excluding hydrogens is 314 g/mol. The Balaban J connectivity index is 1.78. The molecule has 1 saturated carbocycles. The van der Waals surface area contributed by atoms with Crippen molar-refractivity contribution in [3.63, 3.8) is 0 Å². The molecule has 25 heavy (non-hydrogen) atoms. The maximum Gasteiger partial charge on any atom is 0.318 e. The number of carbonyl (C=O) groups is 1. The molecule has 2 fully saturated rings. The predicted molar refractivity (Wildman–Crippen MR) is 99.6 cm³/mol. The molecule has 1 heterocycles. The van der Waals surface area contributed by atoms with Crippen molar-refractivity contribution in [2.45, 2.75) is 43.2 Å². The van der Waals surface area contributed by atoms with Gasteiger partial charge < -0.3 is 15.0 Å². The third kappa shape index (κ3) is 3.27. The van der Waals surface area contributed by atoms with E-state index in [1.807, 2.05) is 0 Å². The first-order valence-corrected chi connectivity index (χ1v) is 9.31. The van der Waals surface area contributed by atoms with Crippen LogP contribution in [0.25, 0.3) is 0 Å². The molecule has 3 rings (SSSR count). The van der Waals surface area contributed by atoms with E-state index < -0.39 is 0 Å². The fraction of sp³-hybridized carbons (Fsp3) is 0.650. The lowest BCUT2D eigenvalue weighted by Crippen LogP contribution is -2.55. The highest BCUT2D eigenvalue weighted by atomic mass is 16.5. The Kier molecular flexibility index (Phi) is 5.35. The van der Waals surface area contributed by atoms with Crippen LogP contribution in [0, 0.1) is 0 Å². The first kappa shape index (κ1) is 18.2. The van der Waals surface area contributed by atoms with E-state index in [2.05, 4.69) is 59.5 Å². The number of nitrogens with one attached hydrogen (secondary N) is 1. The number of ether oxygens (including phenoxy) is 1. The van der Waals surface area contributed by atoms with Gasteiger partial charge in [0, 0.05) is 32.3 Å². The lowest BCUT2D eigenvalue weighted by Gasteiger charge is -2.51. The van der Waals surface area contributed by atoms with E-state index in [4.69, 9.17) is 4.74 Å². The molecule has 138 valence electrons. The first-order valence-electron chi connectivity index (χ1n) is 9.31. The number of hydrogen-bond acceptors (Lipinski definition) is 3. The number of carbonyl (C=O) groups excluding carboxylic acids is 1. The van der Waals surface area contributed by atoms with Crippen molar-refractivity contribution in [3.8, 4) is 0 Å². The summed E-state index contributed by atoms with van der Waals surface area (Å²) in [4.78, 5) is 16.8. The molecule has 1 aromatic rings. The quantitative estimate of drug-likeness (QED) is 0.807. The molecule has 0 bridgehead atoms. The third-order valence-corrected chi connectivity index (χ3v) is 6.29. The average Bonchev–Trinajstić information content (AvgIpc) is 2.93. The van der Waals surface area contributed by atoms with E-state index in [-0.39, 0.29) is 17.1 Å². The van der Waals surface area contributed by atoms with Gasteiger partial charge in [0.25, 0.3) is 0 Å². The van der Waals surface area contributed by atoms with Crippen molar-refractivity contribution in [1.29, 1.82) is 0 Å². The van der Waals surface area contributed by atoms with E-state index in [9.17, 15) is 4.79 Å². The van der Waals surface area contributed by atoms with Crippen LogP contribution in [-0.2, 0) is 10.3 Å². The molecule has 0 atom stereocenters. The van der Waals surface area contributed by atoms with Gasteiger partial charge in [0.05, 0.1) is 5.54 Å². The molecule has 0 radical (unpaired) electrons. The van der Waals surface area contributed by atoms with Crippen molar-refractivity contribution >= 4 is 6.03 Å². The SMILES string of the molecule is COCCCN1C(=O)NC[C@]12CC[C@@](c1ccccc1)(N(C)C)CC2. The van der Waals surface area contributed by atoms with Gasteiger partial charge in [-0.3, -0.25) is 4.90 Å². The summed E-state index contributed by atoms with van der Waals surface area (Å²) in [6.45, 7) is 2.25. The zero-order valence-corrected chi connectivity index (χ0v) is 15.8. The van der Waals surface area contributed by atoms with Gasteiger partial charge >= 0.3 is 6.03 Å². The van der Waals surface area contributed by atoms with Crippen LogP contribution in [0.1, 0.15) is 37.7 Å². The molecule has 1 aromatic carbocycles. The van der Waals surface area contributed by atoms with Crippen LogP contribution in [0.5, 0.6) is 0 Å². The van der Waals surface area contributed by atoms with Crippen molar-refractivity contribution in [2.75, 3.05) is 40.9 Å². The van der Waals surface area contributed by atoms with Crippen LogP contribution in [0.15, 0.2) is 30.3 Å². The standard InChI is InChI=1S/C20H31N3O2/c1-22(2)20(17-8-5-4-6-9-17)12-10-19(11-13-20)16-21-18(24)23(19)14-7-15-25-3/h4-6,8-9H,7,10-16H2,1-3H3,(H,21,24)/t19-,20-. The van der Waals surface area contributed by atoms with Gasteiger partial charge in [-0.1, -0.05) is 30.3 Å². The minimum atomic E-state index is -0.0287. The second-order valence-electron chi connectivity index (χ2n) is 7.67. The summed E-state index contributed by atoms with van der Waals surface area (Å²) in [6.07, 6.45) is 5.10. The predicted octanol–water partition coefficient (Wildman–Crippen LogP) is 2.82. The number of urea groups is 1. The highest BCUT2D eigenvalue weighted by Crippen LogP contribution is 2.47. The van der Waals surface area contributed by atoms with E-state index in [0.717, 1.165) is 45.2 Å². The largest absolute Gasteiger partial charge is 0.385 e. The van der Waals surface area contributed by atoms with Crippen molar-refractivity contribution < 1.29 is 9.53 Å². The summed E-state index contributed by atoms with van der Waals surface area (Å²) in [5.74, 6) is 0. The number of amides is 2. The van der Waals surface area contributed by atoms with Crippen LogP contribution in [0.4, 0.5) is 4.79 Å². The highest BCUT2D eigenvalue weighted by molar-refractivity contribution is 5.78. The summed E-state index contributed by atoms with van der Waals surface area (Å²) in [5.41, 5.74) is 1.42. The normalized spacial score (nSPS) is 29.4. The molecule has 2 amide bonds. The molecule has 0 aromatic heterocycles. The minimum absolute atomic E-state index is 0.0287. The van der Waals surface area contributed by atoms with Crippen molar-refractivity contribution in [1.82, 2.24) is 15.1 Å². The van der Waals surface area contributed by atoms with Gasteiger partial charge in [-0.2, -0.15) is 0 Å². The van der Waals surface area contributed by atoms with Gasteiger partial charge in [-0.25, -0.2) is 4.79 Å². The average molecular weight is 345 g/mol. The number of nitrogens with zero attached hydrogens (tertiary/aromatic N) is 2. The first-order chi connectivity index (χ1) is 12.0. The summed E-state index contributed by atoms with van der Waals surface area (Å²) < 4.78 is 5.17. The van der Waals surface area contributed by atoms with Gasteiger partial charge in [0.15, 0.2) is 0 Å². The van der Waals surface area contributed by atoms with E-state index in [1.54, 1.807) is 7.11 Å². The summed E-state index contributed by atoms with van der Waals surface area (Å²) in [7, 11) is 6.07. The second kappa shape index (κ2) is 7.34. The Morgan fingerprint density at radius 3 is 2.44 bits per heavy atom. The molecule has 1 aliphatic heterocycles. The summed E-state index contributed by atoms with van der Waals surface area (Å²) in [5, 5.41) is 3.09. The Labute approximate surface area is 151 Å². The fourth-order valence-electron chi connectivity index (χ4n) is 4.67. The zero-order valence-electron chi connectivity index (χ0n) is 15.8. The lowest BCUT2D eigenvalue weighted by molar-refractivity contribution is 0.0237. The van der Waals surface area contributed by atoms with Crippen LogP contribution in [0.3, 0.4) is 0 Å². The number of benzene rings is 1. The highest BCUT2D eigenvalue weighted by Gasteiger charge is 2.51. The number of methoxy groups -OCH3 is 1. The number of rotatable bonds is 6. The van der Waals surface area contributed by atoms with Crippen LogP contribution < -0.4 is 5.32 Å². The fourth-order valence-corrected chi connectivity index (χ4v) is 4.67. The smallest absolute Gasteiger partial charge is 0.318 e. The summed E-state index contributed by atoms with van der Waals surface area (Å²) in [6, 6.07) is 10.9. The Morgan fingerprint density at radius 1 is 1.16 bits per heavy atom. The third-order valence-electron chi connectivity index (χ3n) is 6.29. The lowest BCUT2D eigenvalue weighted by atomic mass is 9.68. The van der Waals surface area contributed by atoms with Gasteiger partial charge in [-0.15, -0.1) is 0 Å². The van der Waals surface area contributed by atoms with Crippen molar-refractivity contribution in [3.05, 3.63) is 35.9 Å². The minimum Gasteiger partial charge on any atom is -0.385 e. The Bertz CT molecular complexity index is 580. The summed E-state index contributed by atoms with van der Waals surface area (Å²) >= 11 is 0. The molecule has 5 heteroatoms. The molecule has 0 unspecified atom stereocenters. The van der Waals surface area contributed by atoms with E-state index in [0.29, 0.717) is 6.61 Å². The molecule has 1 N–H and O–H groups in total. The molecule has 2 aliphatic rings. The molecule has 5 nitrogen and oxygen atoms in total. The van der Waals surface area contributed by atoms with Gasteiger partial charge in [-0.05, 0) is 51.8 Å². The monoisotopic (exact) mass is 345 g/mol. The van der Waals surface area contributed by atoms with Gasteiger partial charge in [0.1, 0.15) is 0 Å². The van der Waals surface area contributed by atoms with E-state index >= 15 is 0 Å². The topological polar surface area (TPSA) is 44.8 Å². The molecule has 1 saturated heterocycles. The molecular formula is C20H31N3O2. The maximum atomic E-state index is 12.4.